The van der Waals surface area contributed by atoms with Gasteiger partial charge in [-0.15, -0.1) is 11.3 Å². The van der Waals surface area contributed by atoms with Crippen molar-refractivity contribution in [1.29, 1.82) is 0 Å². The first-order valence-corrected chi connectivity index (χ1v) is 11.5. The Hall–Kier alpha value is -0.500. The third-order valence-corrected chi connectivity index (χ3v) is 9.14. The monoisotopic (exact) mass is 369 g/mol. The Morgan fingerprint density at radius 1 is 1.38 bits per heavy atom. The minimum absolute atomic E-state index is 0.356. The Morgan fingerprint density at radius 3 is 2.71 bits per heavy atom. The van der Waals surface area contributed by atoms with Crippen molar-refractivity contribution >= 4 is 21.4 Å². The topological polar surface area (TPSA) is 53.5 Å². The summed E-state index contributed by atoms with van der Waals surface area (Å²) < 4.78 is 26.9. The van der Waals surface area contributed by atoms with E-state index in [0.717, 1.165) is 45.3 Å². The minimum atomic E-state index is -3.03. The molecule has 0 amide bonds. The predicted molar refractivity (Wildman–Crippen MR) is 96.4 cm³/mol. The molecule has 3 aliphatic rings. The molecule has 2 heterocycles. The van der Waals surface area contributed by atoms with Gasteiger partial charge in [-0.25, -0.2) is 17.7 Å². The molecule has 0 aromatic carbocycles. The van der Waals surface area contributed by atoms with Crippen LogP contribution in [0.2, 0.25) is 0 Å². The smallest absolute Gasteiger partial charge is 0.214 e. The molecule has 1 spiro atoms. The quantitative estimate of drug-likeness (QED) is 0.773. The summed E-state index contributed by atoms with van der Waals surface area (Å²) in [5, 5.41) is 3.19. The van der Waals surface area contributed by atoms with Crippen molar-refractivity contribution in [3.8, 4) is 0 Å². The van der Waals surface area contributed by atoms with Gasteiger partial charge in [0, 0.05) is 30.7 Å². The molecule has 1 unspecified atom stereocenters. The molecule has 0 bridgehead atoms. The molecular formula is C17H27N3O2S2. The maximum Gasteiger partial charge on any atom is 0.214 e. The second-order valence-corrected chi connectivity index (χ2v) is 10.9. The second kappa shape index (κ2) is 6.34. The van der Waals surface area contributed by atoms with Crippen molar-refractivity contribution in [2.45, 2.75) is 51.1 Å². The van der Waals surface area contributed by atoms with Crippen molar-refractivity contribution in [1.82, 2.24) is 14.2 Å². The fraction of sp³-hybridized carbons (Fsp3) is 0.824. The standard InChI is InChI=1S/C17H27N3O2S2/c1-19(12-16-18-7-10-23-16)15-11-17(15)5-8-20(9-6-17)24(21,22)13-14-3-2-4-14/h7,10,14-15H,2-6,8-9,11-13H2,1H3. The number of hydrogen-bond donors (Lipinski definition) is 0. The lowest BCUT2D eigenvalue weighted by molar-refractivity contribution is 0.195. The van der Waals surface area contributed by atoms with Gasteiger partial charge in [0.25, 0.3) is 0 Å². The summed E-state index contributed by atoms with van der Waals surface area (Å²) >= 11 is 1.71. The van der Waals surface area contributed by atoms with Gasteiger partial charge in [0.05, 0.1) is 12.3 Å². The van der Waals surface area contributed by atoms with E-state index in [1.54, 1.807) is 15.6 Å². The first-order valence-electron chi connectivity index (χ1n) is 9.05. The molecule has 5 nitrogen and oxygen atoms in total. The van der Waals surface area contributed by atoms with Crippen LogP contribution in [0.15, 0.2) is 11.6 Å². The summed E-state index contributed by atoms with van der Waals surface area (Å²) in [6.45, 7) is 2.35. The van der Waals surface area contributed by atoms with Gasteiger partial charge in [0.2, 0.25) is 10.0 Å². The summed E-state index contributed by atoms with van der Waals surface area (Å²) in [6, 6.07) is 0.595. The summed E-state index contributed by atoms with van der Waals surface area (Å²) in [5.41, 5.74) is 0.356. The van der Waals surface area contributed by atoms with Crippen LogP contribution in [-0.4, -0.2) is 54.5 Å². The molecule has 1 aromatic rings. The molecule has 2 aliphatic carbocycles. The van der Waals surface area contributed by atoms with Gasteiger partial charge in [0.15, 0.2) is 0 Å². The average molecular weight is 370 g/mol. The van der Waals surface area contributed by atoms with Crippen LogP contribution in [0.4, 0.5) is 0 Å². The van der Waals surface area contributed by atoms with E-state index in [1.165, 1.54) is 17.8 Å². The minimum Gasteiger partial charge on any atom is -0.296 e. The Kier molecular flexibility index (Phi) is 4.48. The van der Waals surface area contributed by atoms with Crippen LogP contribution in [-0.2, 0) is 16.6 Å². The number of nitrogens with zero attached hydrogens (tertiary/aromatic N) is 3. The van der Waals surface area contributed by atoms with Crippen LogP contribution < -0.4 is 0 Å². The lowest BCUT2D eigenvalue weighted by Gasteiger charge is -2.35. The Morgan fingerprint density at radius 2 is 2.12 bits per heavy atom. The third kappa shape index (κ3) is 3.28. The molecule has 0 N–H and O–H groups in total. The molecule has 134 valence electrons. The summed E-state index contributed by atoms with van der Waals surface area (Å²) in [5.74, 6) is 0.803. The SMILES string of the molecule is CN(Cc1nccs1)C1CC12CCN(S(=O)(=O)CC1CCC1)CC2. The Labute approximate surface area is 149 Å². The highest BCUT2D eigenvalue weighted by molar-refractivity contribution is 7.89. The van der Waals surface area contributed by atoms with E-state index in [4.69, 9.17) is 0 Å². The van der Waals surface area contributed by atoms with Crippen LogP contribution >= 0.6 is 11.3 Å². The number of rotatable bonds is 6. The zero-order valence-electron chi connectivity index (χ0n) is 14.4. The van der Waals surface area contributed by atoms with E-state index >= 15 is 0 Å². The highest BCUT2D eigenvalue weighted by Gasteiger charge is 2.57. The molecule has 1 aromatic heterocycles. The summed E-state index contributed by atoms with van der Waals surface area (Å²) in [4.78, 5) is 6.79. The van der Waals surface area contributed by atoms with Crippen LogP contribution in [0.1, 0.15) is 43.5 Å². The van der Waals surface area contributed by atoms with Crippen molar-refractivity contribution in [2.75, 3.05) is 25.9 Å². The van der Waals surface area contributed by atoms with Gasteiger partial charge >= 0.3 is 0 Å². The van der Waals surface area contributed by atoms with E-state index in [-0.39, 0.29) is 0 Å². The van der Waals surface area contributed by atoms with Gasteiger partial charge in [-0.1, -0.05) is 6.42 Å². The van der Waals surface area contributed by atoms with Crippen LogP contribution in [0, 0.1) is 11.3 Å². The van der Waals surface area contributed by atoms with E-state index in [9.17, 15) is 8.42 Å². The fourth-order valence-corrected chi connectivity index (χ4v) is 6.97. The normalized spacial score (nSPS) is 27.5. The van der Waals surface area contributed by atoms with Crippen molar-refractivity contribution < 1.29 is 8.42 Å². The van der Waals surface area contributed by atoms with Crippen molar-refractivity contribution in [3.05, 3.63) is 16.6 Å². The van der Waals surface area contributed by atoms with Crippen molar-refractivity contribution in [3.63, 3.8) is 0 Å². The van der Waals surface area contributed by atoms with Gasteiger partial charge in [-0.2, -0.15) is 0 Å². The highest BCUT2D eigenvalue weighted by Crippen LogP contribution is 2.56. The zero-order valence-corrected chi connectivity index (χ0v) is 16.0. The average Bonchev–Trinajstić information content (AvgIpc) is 2.96. The van der Waals surface area contributed by atoms with Gasteiger partial charge < -0.3 is 0 Å². The fourth-order valence-electron chi connectivity index (χ4n) is 4.41. The molecule has 1 atom stereocenters. The van der Waals surface area contributed by atoms with Crippen molar-refractivity contribution in [2.24, 2.45) is 11.3 Å². The predicted octanol–water partition coefficient (Wildman–Crippen LogP) is 2.56. The zero-order chi connectivity index (χ0) is 16.8. The Bertz CT molecular complexity index is 662. The lowest BCUT2D eigenvalue weighted by Crippen LogP contribution is -2.43. The molecule has 1 aliphatic heterocycles. The number of sulfonamides is 1. The number of hydrogen-bond acceptors (Lipinski definition) is 5. The maximum absolute atomic E-state index is 12.6. The van der Waals surface area contributed by atoms with E-state index in [0.29, 0.717) is 23.1 Å². The molecule has 2 saturated carbocycles. The molecule has 3 fully saturated rings. The first-order chi connectivity index (χ1) is 11.5. The first kappa shape index (κ1) is 16.9. The number of thiazole rings is 1. The van der Waals surface area contributed by atoms with Gasteiger partial charge in [-0.05, 0) is 50.5 Å². The number of piperidine rings is 1. The molecular weight excluding hydrogens is 342 g/mol. The van der Waals surface area contributed by atoms with E-state index in [2.05, 4.69) is 16.9 Å². The van der Waals surface area contributed by atoms with Crippen LogP contribution in [0.25, 0.3) is 0 Å². The van der Waals surface area contributed by atoms with Crippen LogP contribution in [0.3, 0.4) is 0 Å². The molecule has 1 saturated heterocycles. The van der Waals surface area contributed by atoms with Crippen LogP contribution in [0.5, 0.6) is 0 Å². The largest absolute Gasteiger partial charge is 0.296 e. The second-order valence-electron chi connectivity index (χ2n) is 7.90. The summed E-state index contributed by atoms with van der Waals surface area (Å²) in [7, 11) is -0.852. The lowest BCUT2D eigenvalue weighted by atomic mass is 9.87. The molecule has 7 heteroatoms. The molecule has 0 radical (unpaired) electrons. The summed E-state index contributed by atoms with van der Waals surface area (Å²) in [6.07, 6.45) is 8.51. The molecule has 24 heavy (non-hydrogen) atoms. The van der Waals surface area contributed by atoms with Gasteiger partial charge in [0.1, 0.15) is 5.01 Å². The number of aromatic nitrogens is 1. The maximum atomic E-state index is 12.6. The highest BCUT2D eigenvalue weighted by atomic mass is 32.2. The van der Waals surface area contributed by atoms with E-state index < -0.39 is 10.0 Å². The molecule has 4 rings (SSSR count). The van der Waals surface area contributed by atoms with Gasteiger partial charge in [-0.3, -0.25) is 4.90 Å². The Balaban J connectivity index is 1.30. The third-order valence-electron chi connectivity index (χ3n) is 6.33. The van der Waals surface area contributed by atoms with E-state index in [1.807, 2.05) is 11.6 Å².